The molecule has 11 heteroatoms. The van der Waals surface area contributed by atoms with Gasteiger partial charge in [-0.25, -0.2) is 8.42 Å². The van der Waals surface area contributed by atoms with Gasteiger partial charge in [0.05, 0.1) is 11.9 Å². The van der Waals surface area contributed by atoms with Crippen molar-refractivity contribution in [2.45, 2.75) is 6.92 Å². The fraction of sp³-hybridized carbons (Fsp3) is 0.333. The summed E-state index contributed by atoms with van der Waals surface area (Å²) in [6.45, 7) is 2.39. The summed E-state index contributed by atoms with van der Waals surface area (Å²) in [5.41, 5.74) is 6.95. The minimum atomic E-state index is -4.67. The van der Waals surface area contributed by atoms with Crippen LogP contribution in [0.15, 0.2) is 24.3 Å². The number of hydrogen-bond donors (Lipinski definition) is 4. The van der Waals surface area contributed by atoms with E-state index in [1.807, 2.05) is 6.92 Å². The Morgan fingerprint density at radius 1 is 1.15 bits per heavy atom. The molecule has 0 aliphatic rings. The van der Waals surface area contributed by atoms with E-state index in [1.54, 1.807) is 24.3 Å². The number of hydrazine groups is 1. The van der Waals surface area contributed by atoms with Crippen molar-refractivity contribution in [3.05, 3.63) is 24.3 Å². The Bertz CT molecular complexity index is 604. The largest absolute Gasteiger partial charge is 0.399 e. The number of hydrogen-bond acceptors (Lipinski definition) is 6. The van der Waals surface area contributed by atoms with Gasteiger partial charge in [-0.3, -0.25) is 14.1 Å². The molecular formula is C9H17N3O6S2. The lowest BCUT2D eigenvalue weighted by Gasteiger charge is -2.22. The van der Waals surface area contributed by atoms with Crippen LogP contribution in [0.3, 0.4) is 0 Å². The first-order valence-electron chi connectivity index (χ1n) is 5.22. The third kappa shape index (κ3) is 10.5. The normalized spacial score (nSPS) is 11.4. The molecule has 0 heterocycles. The Morgan fingerprint density at radius 3 is 1.85 bits per heavy atom. The van der Waals surface area contributed by atoms with E-state index in [-0.39, 0.29) is 0 Å². The van der Waals surface area contributed by atoms with Crippen LogP contribution in [0.1, 0.15) is 6.92 Å². The molecule has 0 unspecified atom stereocenters. The highest BCUT2D eigenvalue weighted by atomic mass is 32.3. The number of nitrogens with one attached hydrogen (secondary N) is 1. The van der Waals surface area contributed by atoms with E-state index in [4.69, 9.17) is 23.3 Å². The second-order valence-electron chi connectivity index (χ2n) is 3.65. The van der Waals surface area contributed by atoms with E-state index in [9.17, 15) is 8.42 Å². The molecule has 9 nitrogen and oxygen atoms in total. The van der Waals surface area contributed by atoms with Gasteiger partial charge in [0.25, 0.3) is 0 Å². The van der Waals surface area contributed by atoms with E-state index in [0.717, 1.165) is 11.9 Å². The van der Waals surface area contributed by atoms with Crippen molar-refractivity contribution in [2.24, 2.45) is 0 Å². The minimum absolute atomic E-state index is 0.539. The van der Waals surface area contributed by atoms with Crippen LogP contribution < -0.4 is 15.6 Å². The Labute approximate surface area is 118 Å². The maximum Gasteiger partial charge on any atom is 0.394 e. The topological polar surface area (TPSA) is 150 Å². The fourth-order valence-electron chi connectivity index (χ4n) is 1.15. The van der Waals surface area contributed by atoms with Crippen molar-refractivity contribution < 1.29 is 25.9 Å². The summed E-state index contributed by atoms with van der Waals surface area (Å²) in [5, 5.41) is 1.54. The quantitative estimate of drug-likeness (QED) is 0.340. The zero-order chi connectivity index (χ0) is 16.0. The molecule has 1 aromatic rings. The first-order chi connectivity index (χ1) is 8.92. The molecule has 0 amide bonds. The molecule has 0 spiro atoms. The molecule has 0 aliphatic carbocycles. The van der Waals surface area contributed by atoms with E-state index in [1.165, 1.54) is 5.01 Å². The predicted octanol–water partition coefficient (Wildman–Crippen LogP) is -0.0935. The maximum absolute atomic E-state index is 11.1. The van der Waals surface area contributed by atoms with Crippen LogP contribution in [-0.4, -0.2) is 38.7 Å². The van der Waals surface area contributed by atoms with Gasteiger partial charge in [-0.05, 0) is 31.2 Å². The van der Waals surface area contributed by atoms with Crippen LogP contribution in [-0.2, 0) is 20.4 Å². The van der Waals surface area contributed by atoms with Crippen molar-refractivity contribution >= 4 is 31.8 Å². The van der Waals surface area contributed by atoms with Gasteiger partial charge >= 0.3 is 10.4 Å². The zero-order valence-electron chi connectivity index (χ0n) is 10.9. The second-order valence-corrected chi connectivity index (χ2v) is 6.27. The monoisotopic (exact) mass is 327 g/mol. The molecule has 1 aromatic carbocycles. The highest BCUT2D eigenvalue weighted by Gasteiger charge is 2.08. The summed E-state index contributed by atoms with van der Waals surface area (Å²) >= 11 is 0. The number of nitrogens with zero attached hydrogens (tertiary/aromatic N) is 1. The standard InChI is InChI=1S/C9H15N3O2S.H2O4S/c1-3-12(11-15(2,13)14)9-6-4-8(10)5-7-9;1-5(2,3)4/h4-7,11H,3,10H2,1-2H3;(H2,1,2,3,4). The average Bonchev–Trinajstić information content (AvgIpc) is 2.23. The fourth-order valence-corrected chi connectivity index (χ4v) is 1.79. The third-order valence-electron chi connectivity index (χ3n) is 1.80. The van der Waals surface area contributed by atoms with Gasteiger partial charge in [0.15, 0.2) is 0 Å². The molecule has 0 bridgehead atoms. The molecule has 0 fully saturated rings. The van der Waals surface area contributed by atoms with Crippen molar-refractivity contribution in [3.63, 3.8) is 0 Å². The average molecular weight is 327 g/mol. The van der Waals surface area contributed by atoms with Crippen LogP contribution in [0.5, 0.6) is 0 Å². The molecular weight excluding hydrogens is 310 g/mol. The second kappa shape index (κ2) is 7.40. The Balaban J connectivity index is 0.000000621. The molecule has 0 aliphatic heterocycles. The third-order valence-corrected chi connectivity index (χ3v) is 2.35. The van der Waals surface area contributed by atoms with Crippen molar-refractivity contribution in [3.8, 4) is 0 Å². The van der Waals surface area contributed by atoms with E-state index in [2.05, 4.69) is 4.83 Å². The molecule has 116 valence electrons. The molecule has 0 aromatic heterocycles. The highest BCUT2D eigenvalue weighted by molar-refractivity contribution is 7.88. The SMILES string of the molecule is CCN(NS(C)(=O)=O)c1ccc(N)cc1.O=S(=O)(O)O. The van der Waals surface area contributed by atoms with Crippen molar-refractivity contribution in [1.82, 2.24) is 4.83 Å². The first kappa shape index (κ1) is 18.6. The van der Waals surface area contributed by atoms with Gasteiger partial charge in [-0.1, -0.05) is 0 Å². The van der Waals surface area contributed by atoms with Crippen LogP contribution in [0.2, 0.25) is 0 Å². The number of sulfonamides is 1. The van der Waals surface area contributed by atoms with Gasteiger partial charge in [-0.15, -0.1) is 4.83 Å². The molecule has 20 heavy (non-hydrogen) atoms. The summed E-state index contributed by atoms with van der Waals surface area (Å²) < 4.78 is 53.7. The lowest BCUT2D eigenvalue weighted by atomic mass is 10.3. The summed E-state index contributed by atoms with van der Waals surface area (Å²) in [5.74, 6) is 0. The molecule has 0 saturated carbocycles. The number of anilines is 2. The number of nitrogen functional groups attached to an aromatic ring is 1. The van der Waals surface area contributed by atoms with Crippen LogP contribution in [0, 0.1) is 0 Å². The smallest absolute Gasteiger partial charge is 0.394 e. The van der Waals surface area contributed by atoms with Gasteiger partial charge in [0.1, 0.15) is 0 Å². The summed E-state index contributed by atoms with van der Waals surface area (Å²) in [6, 6.07) is 6.97. The molecule has 1 rings (SSSR count). The number of rotatable bonds is 4. The van der Waals surface area contributed by atoms with Crippen LogP contribution in [0.25, 0.3) is 0 Å². The van der Waals surface area contributed by atoms with Gasteiger partial charge in [-0.2, -0.15) is 8.42 Å². The van der Waals surface area contributed by atoms with E-state index in [0.29, 0.717) is 12.2 Å². The van der Waals surface area contributed by atoms with E-state index >= 15 is 0 Å². The summed E-state index contributed by atoms with van der Waals surface area (Å²) in [4.78, 5) is 2.41. The predicted molar refractivity (Wildman–Crippen MR) is 76.0 cm³/mol. The molecule has 0 saturated heterocycles. The Kier molecular flexibility index (Phi) is 6.88. The maximum atomic E-state index is 11.1. The summed E-state index contributed by atoms with van der Waals surface area (Å²) in [7, 11) is -7.92. The lowest BCUT2D eigenvalue weighted by Crippen LogP contribution is -2.41. The first-order valence-corrected chi connectivity index (χ1v) is 8.51. The summed E-state index contributed by atoms with van der Waals surface area (Å²) in [6.07, 6.45) is 1.12. The van der Waals surface area contributed by atoms with Crippen molar-refractivity contribution in [2.75, 3.05) is 23.5 Å². The van der Waals surface area contributed by atoms with Gasteiger partial charge in [0.2, 0.25) is 10.0 Å². The highest BCUT2D eigenvalue weighted by Crippen LogP contribution is 2.14. The van der Waals surface area contributed by atoms with Gasteiger partial charge in [0, 0.05) is 12.2 Å². The van der Waals surface area contributed by atoms with E-state index < -0.39 is 20.4 Å². The van der Waals surface area contributed by atoms with Crippen LogP contribution in [0.4, 0.5) is 11.4 Å². The lowest BCUT2D eigenvalue weighted by molar-refractivity contribution is 0.381. The molecule has 0 atom stereocenters. The number of nitrogens with two attached hydrogens (primary N) is 1. The molecule has 5 N–H and O–H groups in total. The van der Waals surface area contributed by atoms with Crippen LogP contribution >= 0.6 is 0 Å². The number of benzene rings is 1. The van der Waals surface area contributed by atoms with Crippen molar-refractivity contribution in [1.29, 1.82) is 0 Å². The van der Waals surface area contributed by atoms with Gasteiger partial charge < -0.3 is 5.73 Å². The Morgan fingerprint density at radius 2 is 1.55 bits per heavy atom. The zero-order valence-corrected chi connectivity index (χ0v) is 12.5. The minimum Gasteiger partial charge on any atom is -0.399 e. The Hall–Kier alpha value is -1.40. The molecule has 0 radical (unpaired) electrons.